The molecule has 1 aromatic rings. The summed E-state index contributed by atoms with van der Waals surface area (Å²) in [5, 5.41) is 3.33. The average Bonchev–Trinajstić information content (AvgIpc) is 2.35. The predicted octanol–water partition coefficient (Wildman–Crippen LogP) is 2.64. The summed E-state index contributed by atoms with van der Waals surface area (Å²) >= 11 is 0. The van der Waals surface area contributed by atoms with Gasteiger partial charge in [-0.15, -0.1) is 0 Å². The molecule has 0 amide bonds. The van der Waals surface area contributed by atoms with Gasteiger partial charge >= 0.3 is 0 Å². The van der Waals surface area contributed by atoms with Gasteiger partial charge in [-0.1, -0.05) is 26.7 Å². The number of hydrogen-bond acceptors (Lipinski definition) is 3. The van der Waals surface area contributed by atoms with Crippen LogP contribution >= 0.6 is 0 Å². The standard InChI is InChI=1S/C14H23N3O/c1-3-8-17-9-7-15-13(14(17)18)16-12-6-4-5-11(2)10-12/h7,9,11-12H,3-6,8,10H2,1-2H3,(H,15,16). The maximum atomic E-state index is 12.2. The first-order valence-corrected chi connectivity index (χ1v) is 7.02. The smallest absolute Gasteiger partial charge is 0.293 e. The second-order valence-corrected chi connectivity index (χ2v) is 5.39. The van der Waals surface area contributed by atoms with E-state index in [4.69, 9.17) is 0 Å². The molecular formula is C14H23N3O. The lowest BCUT2D eigenvalue weighted by Crippen LogP contribution is -2.32. The van der Waals surface area contributed by atoms with Crippen LogP contribution in [0.4, 0.5) is 5.82 Å². The molecule has 0 saturated heterocycles. The number of rotatable bonds is 4. The summed E-state index contributed by atoms with van der Waals surface area (Å²) in [7, 11) is 0. The Hall–Kier alpha value is -1.32. The van der Waals surface area contributed by atoms with Crippen LogP contribution in [0.5, 0.6) is 0 Å². The van der Waals surface area contributed by atoms with E-state index in [1.807, 2.05) is 0 Å². The minimum absolute atomic E-state index is 0.0116. The molecule has 1 N–H and O–H groups in total. The summed E-state index contributed by atoms with van der Waals surface area (Å²) in [4.78, 5) is 16.3. The molecule has 1 saturated carbocycles. The lowest BCUT2D eigenvalue weighted by Gasteiger charge is -2.27. The van der Waals surface area contributed by atoms with E-state index in [0.717, 1.165) is 31.7 Å². The van der Waals surface area contributed by atoms with Gasteiger partial charge in [-0.05, 0) is 25.2 Å². The topological polar surface area (TPSA) is 46.9 Å². The van der Waals surface area contributed by atoms with Gasteiger partial charge in [-0.25, -0.2) is 4.98 Å². The summed E-state index contributed by atoms with van der Waals surface area (Å²) < 4.78 is 1.74. The molecule has 1 aliphatic rings. The van der Waals surface area contributed by atoms with Crippen molar-refractivity contribution in [2.24, 2.45) is 5.92 Å². The molecular weight excluding hydrogens is 226 g/mol. The Balaban J connectivity index is 2.09. The second kappa shape index (κ2) is 6.03. The van der Waals surface area contributed by atoms with Crippen LogP contribution in [0.15, 0.2) is 17.2 Å². The summed E-state index contributed by atoms with van der Waals surface area (Å²) in [5.41, 5.74) is 0.0116. The highest BCUT2D eigenvalue weighted by molar-refractivity contribution is 5.32. The van der Waals surface area contributed by atoms with Crippen LogP contribution in [-0.4, -0.2) is 15.6 Å². The summed E-state index contributed by atoms with van der Waals surface area (Å²) in [6.45, 7) is 5.11. The number of nitrogens with one attached hydrogen (secondary N) is 1. The van der Waals surface area contributed by atoms with E-state index in [-0.39, 0.29) is 5.56 Å². The molecule has 1 aliphatic carbocycles. The normalized spacial score (nSPS) is 23.9. The second-order valence-electron chi connectivity index (χ2n) is 5.39. The van der Waals surface area contributed by atoms with Crippen LogP contribution in [0.2, 0.25) is 0 Å². The molecule has 0 radical (unpaired) electrons. The van der Waals surface area contributed by atoms with Crippen LogP contribution in [0.3, 0.4) is 0 Å². The van der Waals surface area contributed by atoms with Crippen molar-refractivity contribution < 1.29 is 0 Å². The van der Waals surface area contributed by atoms with Gasteiger partial charge in [0.25, 0.3) is 5.56 Å². The number of hydrogen-bond donors (Lipinski definition) is 1. The first kappa shape index (κ1) is 13.1. The largest absolute Gasteiger partial charge is 0.363 e. The lowest BCUT2D eigenvalue weighted by atomic mass is 9.87. The fourth-order valence-corrected chi connectivity index (χ4v) is 2.72. The quantitative estimate of drug-likeness (QED) is 0.892. The molecule has 0 spiro atoms. The van der Waals surface area contributed by atoms with Crippen molar-refractivity contribution in [1.29, 1.82) is 0 Å². The first-order chi connectivity index (χ1) is 8.70. The monoisotopic (exact) mass is 249 g/mol. The molecule has 1 aromatic heterocycles. The average molecular weight is 249 g/mol. The van der Waals surface area contributed by atoms with Crippen molar-refractivity contribution in [3.05, 3.63) is 22.7 Å². The zero-order chi connectivity index (χ0) is 13.0. The van der Waals surface area contributed by atoms with E-state index in [9.17, 15) is 4.79 Å². The number of nitrogens with zero attached hydrogens (tertiary/aromatic N) is 2. The van der Waals surface area contributed by atoms with Gasteiger partial charge in [-0.3, -0.25) is 4.79 Å². The molecule has 4 nitrogen and oxygen atoms in total. The molecule has 18 heavy (non-hydrogen) atoms. The zero-order valence-electron chi connectivity index (χ0n) is 11.4. The summed E-state index contributed by atoms with van der Waals surface area (Å²) in [6.07, 6.45) is 9.28. The van der Waals surface area contributed by atoms with Crippen LogP contribution in [0.25, 0.3) is 0 Å². The van der Waals surface area contributed by atoms with Gasteiger partial charge in [0.1, 0.15) is 0 Å². The van der Waals surface area contributed by atoms with Gasteiger partial charge in [0.05, 0.1) is 0 Å². The minimum atomic E-state index is 0.0116. The van der Waals surface area contributed by atoms with Gasteiger partial charge in [0.15, 0.2) is 5.82 Å². The van der Waals surface area contributed by atoms with E-state index in [0.29, 0.717) is 11.9 Å². The van der Waals surface area contributed by atoms with Crippen LogP contribution in [-0.2, 0) is 6.54 Å². The highest BCUT2D eigenvalue weighted by atomic mass is 16.1. The fourth-order valence-electron chi connectivity index (χ4n) is 2.72. The van der Waals surface area contributed by atoms with Crippen LogP contribution < -0.4 is 10.9 Å². The van der Waals surface area contributed by atoms with Gasteiger partial charge < -0.3 is 9.88 Å². The number of aromatic nitrogens is 2. The number of aryl methyl sites for hydroxylation is 1. The SMILES string of the molecule is CCCn1ccnc(NC2CCCC(C)C2)c1=O. The minimum Gasteiger partial charge on any atom is -0.363 e. The Labute approximate surface area is 108 Å². The van der Waals surface area contributed by atoms with E-state index >= 15 is 0 Å². The molecule has 1 fully saturated rings. The third kappa shape index (κ3) is 3.12. The number of anilines is 1. The highest BCUT2D eigenvalue weighted by Gasteiger charge is 2.20. The van der Waals surface area contributed by atoms with E-state index in [1.54, 1.807) is 17.0 Å². The van der Waals surface area contributed by atoms with Crippen molar-refractivity contribution in [2.75, 3.05) is 5.32 Å². The molecule has 2 rings (SSSR count). The molecule has 1 heterocycles. The van der Waals surface area contributed by atoms with Crippen LogP contribution in [0.1, 0.15) is 46.0 Å². The Morgan fingerprint density at radius 2 is 2.33 bits per heavy atom. The van der Waals surface area contributed by atoms with Crippen molar-refractivity contribution in [2.45, 2.75) is 58.5 Å². The zero-order valence-corrected chi connectivity index (χ0v) is 11.4. The van der Waals surface area contributed by atoms with Crippen molar-refractivity contribution in [1.82, 2.24) is 9.55 Å². The first-order valence-electron chi connectivity index (χ1n) is 7.02. The lowest BCUT2D eigenvalue weighted by molar-refractivity contribution is 0.358. The van der Waals surface area contributed by atoms with E-state index in [1.165, 1.54) is 12.8 Å². The third-order valence-corrected chi connectivity index (χ3v) is 3.66. The molecule has 0 aliphatic heterocycles. The van der Waals surface area contributed by atoms with Crippen molar-refractivity contribution >= 4 is 5.82 Å². The molecule has 2 unspecified atom stereocenters. The molecule has 0 aromatic carbocycles. The summed E-state index contributed by atoms with van der Waals surface area (Å²) in [6, 6.07) is 0.409. The van der Waals surface area contributed by atoms with Crippen molar-refractivity contribution in [3.63, 3.8) is 0 Å². The fraction of sp³-hybridized carbons (Fsp3) is 0.714. The van der Waals surface area contributed by atoms with E-state index in [2.05, 4.69) is 24.1 Å². The van der Waals surface area contributed by atoms with Gasteiger partial charge in [-0.2, -0.15) is 0 Å². The molecule has 100 valence electrons. The Morgan fingerprint density at radius 1 is 1.50 bits per heavy atom. The Morgan fingerprint density at radius 3 is 3.06 bits per heavy atom. The molecule has 2 atom stereocenters. The summed E-state index contributed by atoms with van der Waals surface area (Å²) in [5.74, 6) is 1.27. The van der Waals surface area contributed by atoms with Crippen LogP contribution in [0, 0.1) is 5.92 Å². The Kier molecular flexibility index (Phi) is 4.39. The Bertz CT molecular complexity index is 441. The molecule has 0 bridgehead atoms. The highest BCUT2D eigenvalue weighted by Crippen LogP contribution is 2.24. The third-order valence-electron chi connectivity index (χ3n) is 3.66. The maximum absolute atomic E-state index is 12.2. The van der Waals surface area contributed by atoms with Gasteiger partial charge in [0, 0.05) is 25.0 Å². The van der Waals surface area contributed by atoms with E-state index < -0.39 is 0 Å². The predicted molar refractivity (Wildman–Crippen MR) is 73.8 cm³/mol. The maximum Gasteiger partial charge on any atom is 0.293 e. The van der Waals surface area contributed by atoms with Gasteiger partial charge in [0.2, 0.25) is 0 Å². The van der Waals surface area contributed by atoms with Crippen molar-refractivity contribution in [3.8, 4) is 0 Å². The molecule has 4 heteroatoms.